The fourth-order valence-corrected chi connectivity index (χ4v) is 2.53. The number of ketones is 1. The average Bonchev–Trinajstić information content (AvgIpc) is 2.70. The number of aryl methyl sites for hydroxylation is 1. The second kappa shape index (κ2) is 8.77. The lowest BCUT2D eigenvalue weighted by Gasteiger charge is -2.06. The van der Waals surface area contributed by atoms with Crippen molar-refractivity contribution in [3.8, 4) is 11.5 Å². The highest BCUT2D eigenvalue weighted by Gasteiger charge is 2.26. The van der Waals surface area contributed by atoms with Crippen LogP contribution in [0.4, 0.5) is 11.4 Å². The van der Waals surface area contributed by atoms with Crippen LogP contribution >= 0.6 is 0 Å². The maximum atomic E-state index is 12.6. The fraction of sp³-hybridized carbons (Fsp3) is 0.167. The predicted octanol–water partition coefficient (Wildman–Crippen LogP) is 2.60. The maximum Gasteiger partial charge on any atom is 0.356 e. The highest BCUT2D eigenvalue weighted by atomic mass is 16.6. The van der Waals surface area contributed by atoms with Crippen LogP contribution in [0.1, 0.15) is 32.1 Å². The molecule has 0 radical (unpaired) electrons. The topological polar surface area (TPSA) is 172 Å². The van der Waals surface area contributed by atoms with Gasteiger partial charge in [0.1, 0.15) is 5.75 Å². The number of benzene rings is 1. The molecule has 0 unspecified atom stereocenters. The zero-order chi connectivity index (χ0) is 22.6. The van der Waals surface area contributed by atoms with E-state index < -0.39 is 44.4 Å². The molecule has 156 valence electrons. The van der Waals surface area contributed by atoms with Crippen LogP contribution in [0.2, 0.25) is 0 Å². The van der Waals surface area contributed by atoms with Crippen LogP contribution in [0.3, 0.4) is 0 Å². The minimum atomic E-state index is -0.997. The van der Waals surface area contributed by atoms with Gasteiger partial charge in [-0.3, -0.25) is 25.0 Å². The van der Waals surface area contributed by atoms with Gasteiger partial charge >= 0.3 is 11.7 Å². The van der Waals surface area contributed by atoms with Crippen LogP contribution < -0.4 is 4.74 Å². The first-order valence-electron chi connectivity index (χ1n) is 8.12. The molecule has 1 heterocycles. The third-order valence-electron chi connectivity index (χ3n) is 3.93. The molecule has 0 saturated carbocycles. The number of carbonyl (C=O) groups excluding carboxylic acids is 2. The Balaban J connectivity index is 2.59. The number of nitro benzene ring substituents is 1. The predicted molar refractivity (Wildman–Crippen MR) is 102 cm³/mol. The monoisotopic (exact) mass is 417 g/mol. The van der Waals surface area contributed by atoms with Gasteiger partial charge in [-0.1, -0.05) is 0 Å². The lowest BCUT2D eigenvalue weighted by molar-refractivity contribution is -0.386. The molecule has 0 saturated heterocycles. The number of methoxy groups -OCH3 is 2. The maximum absolute atomic E-state index is 12.6. The van der Waals surface area contributed by atoms with Crippen LogP contribution in [-0.2, 0) is 4.74 Å². The Kier molecular flexibility index (Phi) is 6.42. The highest BCUT2D eigenvalue weighted by Crippen LogP contribution is 2.35. The van der Waals surface area contributed by atoms with Crippen molar-refractivity contribution >= 4 is 29.2 Å². The quantitative estimate of drug-likeness (QED) is 0.232. The molecule has 0 aliphatic heterocycles. The third-order valence-corrected chi connectivity index (χ3v) is 3.93. The zero-order valence-corrected chi connectivity index (χ0v) is 15.9. The Morgan fingerprint density at radius 1 is 1.10 bits per heavy atom. The van der Waals surface area contributed by atoms with Crippen molar-refractivity contribution in [2.75, 3.05) is 14.2 Å². The van der Waals surface area contributed by atoms with Gasteiger partial charge in [-0.15, -0.1) is 0 Å². The largest absolute Gasteiger partial charge is 0.502 e. The summed E-state index contributed by atoms with van der Waals surface area (Å²) in [6, 6.07) is 3.21. The van der Waals surface area contributed by atoms with Gasteiger partial charge in [0.2, 0.25) is 5.78 Å². The first-order chi connectivity index (χ1) is 14.1. The number of rotatable bonds is 7. The molecule has 0 bridgehead atoms. The molecule has 0 amide bonds. The summed E-state index contributed by atoms with van der Waals surface area (Å²) in [5.74, 6) is -2.51. The minimum Gasteiger partial charge on any atom is -0.502 e. The molecule has 1 N–H and O–H groups in total. The second-order valence-corrected chi connectivity index (χ2v) is 5.81. The van der Waals surface area contributed by atoms with Crippen molar-refractivity contribution in [2.45, 2.75) is 6.92 Å². The Bertz CT molecular complexity index is 1090. The number of phenolic OH excluding ortho intramolecular Hbond substituents is 1. The smallest absolute Gasteiger partial charge is 0.356 e. The molecular weight excluding hydrogens is 402 g/mol. The summed E-state index contributed by atoms with van der Waals surface area (Å²) in [7, 11) is 2.35. The van der Waals surface area contributed by atoms with Gasteiger partial charge in [0.05, 0.1) is 29.6 Å². The molecule has 1 aromatic heterocycles. The van der Waals surface area contributed by atoms with E-state index >= 15 is 0 Å². The number of allylic oxidation sites excluding steroid dienone is 1. The number of ether oxygens (including phenoxy) is 2. The van der Waals surface area contributed by atoms with Crippen molar-refractivity contribution in [3.63, 3.8) is 0 Å². The molecule has 12 heteroatoms. The summed E-state index contributed by atoms with van der Waals surface area (Å²) in [4.78, 5) is 49.0. The first-order valence-corrected chi connectivity index (χ1v) is 8.12. The standard InChI is InChI=1S/C18H15N3O9/c1-9-6-12(20(25)26)16(19-15(9)18(24)30-3)13(22)5-4-10-7-11(29-2)8-14(23)17(10)21(27)28/h4-8,23H,1-3H3. The van der Waals surface area contributed by atoms with Gasteiger partial charge in [0.25, 0.3) is 5.69 Å². The van der Waals surface area contributed by atoms with E-state index in [9.17, 15) is 34.9 Å². The Morgan fingerprint density at radius 2 is 1.77 bits per heavy atom. The molecule has 0 fully saturated rings. The van der Waals surface area contributed by atoms with E-state index in [0.29, 0.717) is 0 Å². The lowest BCUT2D eigenvalue weighted by Crippen LogP contribution is -2.13. The average molecular weight is 417 g/mol. The molecule has 2 rings (SSSR count). The highest BCUT2D eigenvalue weighted by molar-refractivity contribution is 6.09. The molecule has 2 aromatic rings. The normalized spacial score (nSPS) is 10.6. The number of carbonyl (C=O) groups is 2. The molecule has 0 aliphatic rings. The summed E-state index contributed by atoms with van der Waals surface area (Å²) in [6.45, 7) is 1.39. The molecule has 30 heavy (non-hydrogen) atoms. The summed E-state index contributed by atoms with van der Waals surface area (Å²) in [6.07, 6.45) is 1.78. The van der Waals surface area contributed by atoms with E-state index in [-0.39, 0.29) is 22.6 Å². The molecule has 1 aromatic carbocycles. The van der Waals surface area contributed by atoms with Gasteiger partial charge in [-0.05, 0) is 30.7 Å². The summed E-state index contributed by atoms with van der Waals surface area (Å²) >= 11 is 0. The number of aromatic hydroxyl groups is 1. The van der Waals surface area contributed by atoms with Gasteiger partial charge < -0.3 is 14.6 Å². The lowest BCUT2D eigenvalue weighted by atomic mass is 10.1. The Hall–Kier alpha value is -4.35. The number of hydrogen-bond donors (Lipinski definition) is 1. The van der Waals surface area contributed by atoms with E-state index in [1.807, 2.05) is 0 Å². The van der Waals surface area contributed by atoms with Crippen molar-refractivity contribution in [1.82, 2.24) is 4.98 Å². The van der Waals surface area contributed by atoms with E-state index in [1.165, 1.54) is 20.1 Å². The van der Waals surface area contributed by atoms with Crippen LogP contribution in [0.5, 0.6) is 11.5 Å². The molecule has 0 atom stereocenters. The van der Waals surface area contributed by atoms with E-state index in [0.717, 1.165) is 31.4 Å². The number of nitro groups is 2. The van der Waals surface area contributed by atoms with Gasteiger partial charge in [-0.2, -0.15) is 0 Å². The number of phenols is 1. The summed E-state index contributed by atoms with van der Waals surface area (Å²) < 4.78 is 9.47. The first kappa shape index (κ1) is 21.9. The fourth-order valence-electron chi connectivity index (χ4n) is 2.53. The molecule has 0 spiro atoms. The number of nitrogens with zero attached hydrogens (tertiary/aromatic N) is 3. The van der Waals surface area contributed by atoms with Crippen molar-refractivity contribution in [1.29, 1.82) is 0 Å². The summed E-state index contributed by atoms with van der Waals surface area (Å²) in [5.41, 5.74) is -2.35. The van der Waals surface area contributed by atoms with E-state index in [2.05, 4.69) is 9.72 Å². The van der Waals surface area contributed by atoms with Crippen LogP contribution in [0.25, 0.3) is 6.08 Å². The number of esters is 1. The number of pyridine rings is 1. The van der Waals surface area contributed by atoms with Crippen molar-refractivity contribution in [3.05, 3.63) is 67.0 Å². The summed E-state index contributed by atoms with van der Waals surface area (Å²) in [5, 5.41) is 32.4. The van der Waals surface area contributed by atoms with E-state index in [4.69, 9.17) is 4.74 Å². The van der Waals surface area contributed by atoms with Crippen molar-refractivity contribution in [2.24, 2.45) is 0 Å². The SMILES string of the molecule is COC(=O)c1nc(C(=O)C=Cc2cc(OC)cc(O)c2[N+](=O)[O-])c([N+](=O)[O-])cc1C. The molecular formula is C18H15N3O9. The van der Waals surface area contributed by atoms with Crippen LogP contribution in [0, 0.1) is 27.2 Å². The van der Waals surface area contributed by atoms with Gasteiger partial charge in [0.15, 0.2) is 17.1 Å². The second-order valence-electron chi connectivity index (χ2n) is 5.81. The Morgan fingerprint density at radius 3 is 2.30 bits per heavy atom. The van der Waals surface area contributed by atoms with Crippen molar-refractivity contribution < 1.29 is 34.0 Å². The zero-order valence-electron chi connectivity index (χ0n) is 15.9. The van der Waals surface area contributed by atoms with Gasteiger partial charge in [0, 0.05) is 12.1 Å². The Labute approximate surface area is 168 Å². The number of hydrogen-bond acceptors (Lipinski definition) is 10. The molecule has 12 nitrogen and oxygen atoms in total. The van der Waals surface area contributed by atoms with Gasteiger partial charge in [-0.25, -0.2) is 9.78 Å². The van der Waals surface area contributed by atoms with Crippen LogP contribution in [-0.4, -0.2) is 45.9 Å². The van der Waals surface area contributed by atoms with E-state index in [1.54, 1.807) is 0 Å². The molecule has 0 aliphatic carbocycles. The third kappa shape index (κ3) is 4.38. The number of aromatic nitrogens is 1. The minimum absolute atomic E-state index is 0.0811. The van der Waals surface area contributed by atoms with Crippen LogP contribution in [0.15, 0.2) is 24.3 Å².